The Labute approximate surface area is 169 Å². The summed E-state index contributed by atoms with van der Waals surface area (Å²) >= 11 is 0. The molecule has 0 spiro atoms. The number of fused-ring (bicyclic) bond motifs is 1. The number of anilines is 1. The van der Waals surface area contributed by atoms with Crippen LogP contribution in [0.25, 0.3) is 0 Å². The molecule has 1 aliphatic heterocycles. The lowest BCUT2D eigenvalue weighted by Gasteiger charge is -2.28. The lowest BCUT2D eigenvalue weighted by molar-refractivity contribution is 0.0702. The van der Waals surface area contributed by atoms with Crippen LogP contribution >= 0.6 is 0 Å². The van der Waals surface area contributed by atoms with Crippen LogP contribution in [0.1, 0.15) is 21.7 Å². The first-order valence-electron chi connectivity index (χ1n) is 9.08. The van der Waals surface area contributed by atoms with E-state index in [4.69, 9.17) is 9.15 Å². The van der Waals surface area contributed by atoms with Crippen molar-refractivity contribution in [3.05, 3.63) is 77.7 Å². The molecule has 29 heavy (non-hydrogen) atoms. The van der Waals surface area contributed by atoms with E-state index in [0.717, 1.165) is 11.1 Å². The van der Waals surface area contributed by atoms with Gasteiger partial charge < -0.3 is 14.1 Å². The van der Waals surface area contributed by atoms with E-state index < -0.39 is 10.0 Å². The fraction of sp³-hybridized carbons (Fsp3) is 0.190. The number of furan rings is 1. The normalized spacial score (nSPS) is 13.6. The summed E-state index contributed by atoms with van der Waals surface area (Å²) in [7, 11) is -2.21. The number of ether oxygens (including phenoxy) is 1. The zero-order chi connectivity index (χ0) is 20.4. The van der Waals surface area contributed by atoms with Gasteiger partial charge in [0.1, 0.15) is 5.75 Å². The highest BCUT2D eigenvalue weighted by atomic mass is 32.2. The minimum Gasteiger partial charge on any atom is -0.497 e. The summed E-state index contributed by atoms with van der Waals surface area (Å²) in [5, 5.41) is 0. The van der Waals surface area contributed by atoms with Gasteiger partial charge in [-0.1, -0.05) is 6.07 Å². The fourth-order valence-corrected chi connectivity index (χ4v) is 4.37. The molecule has 2 aromatic carbocycles. The van der Waals surface area contributed by atoms with Crippen molar-refractivity contribution in [3.8, 4) is 5.75 Å². The number of rotatable bonds is 5. The maximum atomic E-state index is 12.7. The van der Waals surface area contributed by atoms with Crippen LogP contribution in [0.3, 0.4) is 0 Å². The van der Waals surface area contributed by atoms with E-state index in [-0.39, 0.29) is 10.8 Å². The number of nitrogens with one attached hydrogen (secondary N) is 1. The first-order valence-corrected chi connectivity index (χ1v) is 10.6. The Kier molecular flexibility index (Phi) is 5.02. The third-order valence-electron chi connectivity index (χ3n) is 4.86. The number of nitrogens with zero attached hydrogens (tertiary/aromatic N) is 1. The Balaban J connectivity index is 1.53. The maximum absolute atomic E-state index is 12.7. The molecule has 0 radical (unpaired) electrons. The maximum Gasteiger partial charge on any atom is 0.289 e. The molecule has 8 heteroatoms. The summed E-state index contributed by atoms with van der Waals surface area (Å²) in [6.45, 7) is 0.983. The highest BCUT2D eigenvalue weighted by molar-refractivity contribution is 7.92. The number of carbonyl (C=O) groups excluding carboxylic acids is 1. The monoisotopic (exact) mass is 412 g/mol. The predicted octanol–water partition coefficient (Wildman–Crippen LogP) is 3.29. The molecule has 3 aromatic rings. The lowest BCUT2D eigenvalue weighted by Crippen LogP contribution is -2.35. The molecule has 2 heterocycles. The second-order valence-electron chi connectivity index (χ2n) is 6.72. The molecule has 0 aliphatic carbocycles. The third kappa shape index (κ3) is 3.97. The van der Waals surface area contributed by atoms with Crippen LogP contribution in [0.5, 0.6) is 5.75 Å². The Morgan fingerprint density at radius 1 is 1.10 bits per heavy atom. The van der Waals surface area contributed by atoms with Gasteiger partial charge in [-0.3, -0.25) is 9.52 Å². The molecule has 1 aliphatic rings. The minimum atomic E-state index is -3.73. The zero-order valence-electron chi connectivity index (χ0n) is 15.8. The quantitative estimate of drug-likeness (QED) is 0.695. The Bertz CT molecular complexity index is 1120. The Hall–Kier alpha value is -3.26. The number of sulfonamides is 1. The number of hydrogen-bond acceptors (Lipinski definition) is 5. The van der Waals surface area contributed by atoms with Crippen molar-refractivity contribution < 1.29 is 22.4 Å². The van der Waals surface area contributed by atoms with Crippen LogP contribution in [0.2, 0.25) is 0 Å². The van der Waals surface area contributed by atoms with Gasteiger partial charge in [-0.05, 0) is 66.1 Å². The van der Waals surface area contributed by atoms with E-state index in [9.17, 15) is 13.2 Å². The van der Waals surface area contributed by atoms with E-state index in [0.29, 0.717) is 36.7 Å². The average Bonchev–Trinajstić information content (AvgIpc) is 3.27. The number of amides is 1. The van der Waals surface area contributed by atoms with Crippen LogP contribution < -0.4 is 9.46 Å². The van der Waals surface area contributed by atoms with Gasteiger partial charge >= 0.3 is 0 Å². The molecule has 0 atom stereocenters. The second kappa shape index (κ2) is 7.63. The first kappa shape index (κ1) is 19.1. The minimum absolute atomic E-state index is 0.144. The van der Waals surface area contributed by atoms with Gasteiger partial charge in [-0.25, -0.2) is 8.42 Å². The summed E-state index contributed by atoms with van der Waals surface area (Å²) in [4.78, 5) is 14.4. The van der Waals surface area contributed by atoms with E-state index in [1.165, 1.54) is 25.5 Å². The van der Waals surface area contributed by atoms with E-state index >= 15 is 0 Å². The Morgan fingerprint density at radius 3 is 2.59 bits per heavy atom. The molecular weight excluding hydrogens is 392 g/mol. The van der Waals surface area contributed by atoms with Crippen molar-refractivity contribution in [3.63, 3.8) is 0 Å². The van der Waals surface area contributed by atoms with Gasteiger partial charge in [-0.2, -0.15) is 0 Å². The van der Waals surface area contributed by atoms with Crippen molar-refractivity contribution in [1.82, 2.24) is 4.90 Å². The second-order valence-corrected chi connectivity index (χ2v) is 8.40. The van der Waals surface area contributed by atoms with Crippen molar-refractivity contribution in [2.75, 3.05) is 18.4 Å². The van der Waals surface area contributed by atoms with Crippen LogP contribution in [-0.2, 0) is 23.0 Å². The highest BCUT2D eigenvalue weighted by Crippen LogP contribution is 2.26. The van der Waals surface area contributed by atoms with Gasteiger partial charge in [0.05, 0.1) is 18.3 Å². The molecule has 0 fully saturated rings. The molecule has 1 N–H and O–H groups in total. The summed E-state index contributed by atoms with van der Waals surface area (Å²) in [6, 6.07) is 14.9. The van der Waals surface area contributed by atoms with Gasteiger partial charge in [0, 0.05) is 18.8 Å². The molecule has 0 bridgehead atoms. The van der Waals surface area contributed by atoms with E-state index in [1.807, 2.05) is 6.07 Å². The molecule has 7 nitrogen and oxygen atoms in total. The first-order chi connectivity index (χ1) is 14.0. The van der Waals surface area contributed by atoms with Crippen molar-refractivity contribution in [2.45, 2.75) is 17.9 Å². The lowest BCUT2D eigenvalue weighted by atomic mass is 9.99. The zero-order valence-corrected chi connectivity index (χ0v) is 16.6. The van der Waals surface area contributed by atoms with Crippen molar-refractivity contribution in [1.29, 1.82) is 0 Å². The topological polar surface area (TPSA) is 88.9 Å². The Morgan fingerprint density at radius 2 is 1.90 bits per heavy atom. The smallest absolute Gasteiger partial charge is 0.289 e. The third-order valence-corrected chi connectivity index (χ3v) is 6.26. The number of benzene rings is 2. The number of methoxy groups -OCH3 is 1. The molecule has 0 saturated heterocycles. The molecule has 1 aromatic heterocycles. The summed E-state index contributed by atoms with van der Waals surface area (Å²) in [6.07, 6.45) is 2.17. The number of carbonyl (C=O) groups is 1. The largest absolute Gasteiger partial charge is 0.497 e. The molecule has 4 rings (SSSR count). The van der Waals surface area contributed by atoms with Gasteiger partial charge in [0.15, 0.2) is 5.76 Å². The highest BCUT2D eigenvalue weighted by Gasteiger charge is 2.24. The van der Waals surface area contributed by atoms with Crippen molar-refractivity contribution in [2.24, 2.45) is 0 Å². The summed E-state index contributed by atoms with van der Waals surface area (Å²) < 4.78 is 38.2. The SMILES string of the molecule is COc1ccc(S(=O)(=O)Nc2ccc3c(c2)CN(C(=O)c2ccco2)CC3)cc1. The molecule has 1 amide bonds. The average molecular weight is 412 g/mol. The summed E-state index contributed by atoms with van der Waals surface area (Å²) in [5.41, 5.74) is 2.46. The molecule has 150 valence electrons. The van der Waals surface area contributed by atoms with Crippen LogP contribution in [0, 0.1) is 0 Å². The van der Waals surface area contributed by atoms with Crippen LogP contribution in [0.4, 0.5) is 5.69 Å². The van der Waals surface area contributed by atoms with Gasteiger partial charge in [0.25, 0.3) is 15.9 Å². The molecule has 0 unspecified atom stereocenters. The van der Waals surface area contributed by atoms with Crippen LogP contribution in [0.15, 0.2) is 70.2 Å². The molecular formula is C21H20N2O5S. The van der Waals surface area contributed by atoms with Crippen molar-refractivity contribution >= 4 is 21.6 Å². The summed E-state index contributed by atoms with van der Waals surface area (Å²) in [5.74, 6) is 0.703. The van der Waals surface area contributed by atoms with Crippen LogP contribution in [-0.4, -0.2) is 32.9 Å². The fourth-order valence-electron chi connectivity index (χ4n) is 3.32. The van der Waals surface area contributed by atoms with Gasteiger partial charge in [0.2, 0.25) is 0 Å². The standard InChI is InChI=1S/C21H20N2O5S/c1-27-18-6-8-19(9-7-18)29(25,26)22-17-5-4-15-10-11-23(14-16(15)13-17)21(24)20-3-2-12-28-20/h2-9,12-13,22H,10-11,14H2,1H3. The number of hydrogen-bond donors (Lipinski definition) is 1. The van der Waals surface area contributed by atoms with E-state index in [2.05, 4.69) is 4.72 Å². The molecule has 0 saturated carbocycles. The van der Waals surface area contributed by atoms with Gasteiger partial charge in [-0.15, -0.1) is 0 Å². The van der Waals surface area contributed by atoms with E-state index in [1.54, 1.807) is 41.3 Å². The predicted molar refractivity (Wildman–Crippen MR) is 107 cm³/mol.